The zero-order chi connectivity index (χ0) is 20.2. The molecule has 0 radical (unpaired) electrons. The molecule has 2 aromatic carbocycles. The molecule has 0 spiro atoms. The van der Waals surface area contributed by atoms with E-state index in [-0.39, 0.29) is 17.9 Å². The Morgan fingerprint density at radius 3 is 2.79 bits per heavy atom. The zero-order valence-electron chi connectivity index (χ0n) is 16.8. The molecule has 2 aromatic rings. The molecular weight excluding hydrogens is 366 g/mol. The number of carbonyl (C=O) groups excluding carboxylic acids is 2. The predicted molar refractivity (Wildman–Crippen MR) is 113 cm³/mol. The van der Waals surface area contributed by atoms with Crippen LogP contribution in [0.4, 0.5) is 11.4 Å². The van der Waals surface area contributed by atoms with Crippen molar-refractivity contribution >= 4 is 23.2 Å². The third kappa shape index (κ3) is 4.27. The summed E-state index contributed by atoms with van der Waals surface area (Å²) in [5.74, 6) is 0.895. The van der Waals surface area contributed by atoms with E-state index < -0.39 is 0 Å². The van der Waals surface area contributed by atoms with E-state index in [1.54, 1.807) is 12.0 Å². The van der Waals surface area contributed by atoms with Crippen LogP contribution >= 0.6 is 0 Å². The average Bonchev–Trinajstić information content (AvgIpc) is 3.37. The fraction of sp³-hybridized carbons (Fsp3) is 0.391. The summed E-state index contributed by atoms with van der Waals surface area (Å²) in [6, 6.07) is 15.8. The van der Waals surface area contributed by atoms with Gasteiger partial charge in [-0.2, -0.15) is 0 Å². The number of carbonyl (C=O) groups is 2. The van der Waals surface area contributed by atoms with E-state index in [1.165, 1.54) is 5.56 Å². The molecule has 2 amide bonds. The number of hydrogen-bond donors (Lipinski definition) is 1. The van der Waals surface area contributed by atoms with Gasteiger partial charge in [0.05, 0.1) is 25.0 Å². The van der Waals surface area contributed by atoms with Crippen LogP contribution < -0.4 is 15.0 Å². The van der Waals surface area contributed by atoms with E-state index in [9.17, 15) is 9.59 Å². The Balaban J connectivity index is 1.45. The first kappa shape index (κ1) is 19.5. The molecule has 1 N–H and O–H groups in total. The maximum absolute atomic E-state index is 12.8. The molecule has 0 aromatic heterocycles. The summed E-state index contributed by atoms with van der Waals surface area (Å²) < 4.78 is 5.35. The summed E-state index contributed by atoms with van der Waals surface area (Å²) in [6.07, 6.45) is 3.52. The largest absolute Gasteiger partial charge is 0.497 e. The summed E-state index contributed by atoms with van der Waals surface area (Å²) in [6.45, 7) is 1.92. The smallest absolute Gasteiger partial charge is 0.238 e. The summed E-state index contributed by atoms with van der Waals surface area (Å²) in [5, 5.41) is 3.03. The van der Waals surface area contributed by atoms with Crippen LogP contribution in [-0.4, -0.2) is 43.5 Å². The van der Waals surface area contributed by atoms with Crippen LogP contribution in [0.2, 0.25) is 0 Å². The second kappa shape index (κ2) is 8.66. The quantitative estimate of drug-likeness (QED) is 0.815. The van der Waals surface area contributed by atoms with E-state index in [1.807, 2.05) is 36.4 Å². The number of amides is 2. The zero-order valence-corrected chi connectivity index (χ0v) is 16.8. The van der Waals surface area contributed by atoms with E-state index in [0.29, 0.717) is 25.2 Å². The molecule has 2 fully saturated rings. The first-order valence-electron chi connectivity index (χ1n) is 10.2. The van der Waals surface area contributed by atoms with Gasteiger partial charge >= 0.3 is 0 Å². The molecular formula is C23H27N3O3. The number of nitrogens with one attached hydrogen (secondary N) is 1. The molecule has 2 aliphatic rings. The second-order valence-corrected chi connectivity index (χ2v) is 7.62. The van der Waals surface area contributed by atoms with Crippen molar-refractivity contribution in [2.24, 2.45) is 0 Å². The Hall–Kier alpha value is -2.86. The third-order valence-corrected chi connectivity index (χ3v) is 5.73. The van der Waals surface area contributed by atoms with Crippen molar-refractivity contribution in [3.05, 3.63) is 54.1 Å². The van der Waals surface area contributed by atoms with E-state index >= 15 is 0 Å². The van der Waals surface area contributed by atoms with Crippen molar-refractivity contribution in [3.8, 4) is 5.75 Å². The number of hydrogen-bond acceptors (Lipinski definition) is 4. The number of likely N-dealkylation sites (tertiary alicyclic amines) is 1. The maximum atomic E-state index is 12.8. The SMILES string of the molecule is COc1cccc(C2CCCN2CC(=O)Nc2ccccc2N2CCCC2=O)c1. The van der Waals surface area contributed by atoms with Crippen molar-refractivity contribution in [1.29, 1.82) is 0 Å². The lowest BCUT2D eigenvalue weighted by Gasteiger charge is -2.25. The van der Waals surface area contributed by atoms with Gasteiger partial charge < -0.3 is 15.0 Å². The molecule has 0 bridgehead atoms. The number of nitrogens with zero attached hydrogens (tertiary/aromatic N) is 2. The number of benzene rings is 2. The topological polar surface area (TPSA) is 61.9 Å². The fourth-order valence-electron chi connectivity index (χ4n) is 4.33. The molecule has 0 saturated carbocycles. The first-order valence-corrected chi connectivity index (χ1v) is 10.2. The highest BCUT2D eigenvalue weighted by Gasteiger charge is 2.29. The molecule has 0 aliphatic carbocycles. The molecule has 2 saturated heterocycles. The molecule has 6 nitrogen and oxygen atoms in total. The minimum Gasteiger partial charge on any atom is -0.497 e. The van der Waals surface area contributed by atoms with Gasteiger partial charge in [-0.25, -0.2) is 0 Å². The lowest BCUT2D eigenvalue weighted by molar-refractivity contribution is -0.118. The number of para-hydroxylation sites is 2. The Labute approximate surface area is 171 Å². The van der Waals surface area contributed by atoms with Crippen molar-refractivity contribution in [2.75, 3.05) is 37.0 Å². The van der Waals surface area contributed by atoms with Gasteiger partial charge in [0.1, 0.15) is 5.75 Å². The van der Waals surface area contributed by atoms with Gasteiger partial charge in [0.2, 0.25) is 11.8 Å². The third-order valence-electron chi connectivity index (χ3n) is 5.73. The van der Waals surface area contributed by atoms with Gasteiger partial charge in [0.25, 0.3) is 0 Å². The van der Waals surface area contributed by atoms with Gasteiger partial charge in [-0.1, -0.05) is 24.3 Å². The van der Waals surface area contributed by atoms with Gasteiger partial charge in [-0.3, -0.25) is 14.5 Å². The minimum absolute atomic E-state index is 0.0566. The van der Waals surface area contributed by atoms with Crippen LogP contribution in [0.25, 0.3) is 0 Å². The molecule has 1 unspecified atom stereocenters. The lowest BCUT2D eigenvalue weighted by Crippen LogP contribution is -2.33. The van der Waals surface area contributed by atoms with Crippen LogP contribution in [0.5, 0.6) is 5.75 Å². The maximum Gasteiger partial charge on any atom is 0.238 e. The lowest BCUT2D eigenvalue weighted by atomic mass is 10.0. The highest BCUT2D eigenvalue weighted by atomic mass is 16.5. The highest BCUT2D eigenvalue weighted by Crippen LogP contribution is 2.34. The van der Waals surface area contributed by atoms with Gasteiger partial charge in [0.15, 0.2) is 0 Å². The molecule has 1 atom stereocenters. The summed E-state index contributed by atoms with van der Waals surface area (Å²) in [7, 11) is 1.67. The number of methoxy groups -OCH3 is 1. The molecule has 6 heteroatoms. The number of ether oxygens (including phenoxy) is 1. The van der Waals surface area contributed by atoms with Crippen LogP contribution in [0.15, 0.2) is 48.5 Å². The molecule has 4 rings (SSSR count). The van der Waals surface area contributed by atoms with E-state index in [0.717, 1.165) is 37.2 Å². The second-order valence-electron chi connectivity index (χ2n) is 7.62. The van der Waals surface area contributed by atoms with Gasteiger partial charge in [0, 0.05) is 19.0 Å². The monoisotopic (exact) mass is 393 g/mol. The van der Waals surface area contributed by atoms with Crippen LogP contribution in [0.1, 0.15) is 37.3 Å². The highest BCUT2D eigenvalue weighted by molar-refractivity contribution is 6.02. The Morgan fingerprint density at radius 1 is 1.14 bits per heavy atom. The predicted octanol–water partition coefficient (Wildman–Crippen LogP) is 3.60. The Bertz CT molecular complexity index is 898. The number of anilines is 2. The Morgan fingerprint density at radius 2 is 2.00 bits per heavy atom. The molecule has 2 aliphatic heterocycles. The van der Waals surface area contributed by atoms with Crippen LogP contribution in [0, 0.1) is 0 Å². The molecule has 2 heterocycles. The minimum atomic E-state index is -0.0566. The first-order chi connectivity index (χ1) is 14.2. The summed E-state index contributed by atoms with van der Waals surface area (Å²) in [4.78, 5) is 29.0. The molecule has 152 valence electrons. The summed E-state index contributed by atoms with van der Waals surface area (Å²) >= 11 is 0. The Kier molecular flexibility index (Phi) is 5.81. The van der Waals surface area contributed by atoms with Crippen molar-refractivity contribution in [1.82, 2.24) is 4.90 Å². The van der Waals surface area contributed by atoms with Crippen LogP contribution in [-0.2, 0) is 9.59 Å². The van der Waals surface area contributed by atoms with Crippen molar-refractivity contribution in [2.45, 2.75) is 31.7 Å². The van der Waals surface area contributed by atoms with Crippen molar-refractivity contribution < 1.29 is 14.3 Å². The van der Waals surface area contributed by atoms with E-state index in [2.05, 4.69) is 22.3 Å². The summed E-state index contributed by atoms with van der Waals surface area (Å²) in [5.41, 5.74) is 2.66. The van der Waals surface area contributed by atoms with Gasteiger partial charge in [-0.05, 0) is 55.6 Å². The fourth-order valence-corrected chi connectivity index (χ4v) is 4.33. The normalized spacial score (nSPS) is 19.6. The standard InChI is InChI=1S/C23H27N3O3/c1-29-18-8-4-7-17(15-18)20-11-5-13-25(20)16-22(27)24-19-9-2-3-10-21(19)26-14-6-12-23(26)28/h2-4,7-10,15,20H,5-6,11-14,16H2,1H3,(H,24,27). The van der Waals surface area contributed by atoms with Crippen molar-refractivity contribution in [3.63, 3.8) is 0 Å². The van der Waals surface area contributed by atoms with Gasteiger partial charge in [-0.15, -0.1) is 0 Å². The average molecular weight is 393 g/mol. The number of rotatable bonds is 6. The van der Waals surface area contributed by atoms with Crippen LogP contribution in [0.3, 0.4) is 0 Å². The van der Waals surface area contributed by atoms with E-state index in [4.69, 9.17) is 4.74 Å². The molecule has 29 heavy (non-hydrogen) atoms.